The molecule has 2 rings (SSSR count). The van der Waals surface area contributed by atoms with Crippen molar-refractivity contribution in [1.29, 1.82) is 0 Å². The van der Waals surface area contributed by atoms with Gasteiger partial charge in [-0.05, 0) is 42.6 Å². The Hall–Kier alpha value is -1.27. The van der Waals surface area contributed by atoms with Gasteiger partial charge in [-0.25, -0.2) is 4.79 Å². The predicted octanol–water partition coefficient (Wildman–Crippen LogP) is 2.47. The predicted molar refractivity (Wildman–Crippen MR) is 78.8 cm³/mol. The number of carbonyl (C=O) groups is 2. The molecule has 102 valence electrons. The number of carboxylic acids is 1. The zero-order chi connectivity index (χ0) is 13.7. The van der Waals surface area contributed by atoms with E-state index in [1.807, 2.05) is 11.8 Å². The third-order valence-corrected chi connectivity index (χ3v) is 4.90. The highest BCUT2D eigenvalue weighted by Gasteiger charge is 2.17. The fraction of sp³-hybridized carbons (Fsp3) is 0.385. The van der Waals surface area contributed by atoms with Crippen molar-refractivity contribution in [3.63, 3.8) is 0 Å². The second kappa shape index (κ2) is 6.77. The molecule has 0 radical (unpaired) electrons. The van der Waals surface area contributed by atoms with Crippen LogP contribution in [0.2, 0.25) is 0 Å². The summed E-state index contributed by atoms with van der Waals surface area (Å²) >= 11 is 3.23. The van der Waals surface area contributed by atoms with Crippen molar-refractivity contribution in [2.45, 2.75) is 18.9 Å². The summed E-state index contributed by atoms with van der Waals surface area (Å²) in [5, 5.41) is 11.6. The number of thiophene rings is 1. The van der Waals surface area contributed by atoms with Crippen molar-refractivity contribution in [3.05, 3.63) is 28.0 Å². The number of hydrogen-bond donors (Lipinski definition) is 2. The number of hydrogen-bond acceptors (Lipinski definition) is 4. The molecule has 1 aliphatic rings. The molecule has 0 spiro atoms. The second-order valence-corrected chi connectivity index (χ2v) is 6.57. The molecule has 0 saturated carbocycles. The van der Waals surface area contributed by atoms with E-state index in [1.54, 1.807) is 12.1 Å². The molecule has 0 aromatic carbocycles. The summed E-state index contributed by atoms with van der Waals surface area (Å²) < 4.78 is 0. The zero-order valence-electron chi connectivity index (χ0n) is 10.3. The molecule has 1 saturated heterocycles. The maximum Gasteiger partial charge on any atom is 0.328 e. The summed E-state index contributed by atoms with van der Waals surface area (Å²) in [6.45, 7) is 0. The summed E-state index contributed by atoms with van der Waals surface area (Å²) in [5.74, 6) is 1.15. The number of carbonyl (C=O) groups excluding carboxylic acids is 1. The van der Waals surface area contributed by atoms with Crippen molar-refractivity contribution < 1.29 is 14.7 Å². The molecule has 0 atom stereocenters. The summed E-state index contributed by atoms with van der Waals surface area (Å²) in [6, 6.07) is 3.77. The Bertz CT molecular complexity index is 490. The molecule has 1 aliphatic heterocycles. The van der Waals surface area contributed by atoms with Crippen molar-refractivity contribution in [2.24, 2.45) is 0 Å². The summed E-state index contributed by atoms with van der Waals surface area (Å²) in [5.41, 5.74) is 0. The van der Waals surface area contributed by atoms with E-state index in [0.29, 0.717) is 4.88 Å². The molecule has 1 aromatic heterocycles. The van der Waals surface area contributed by atoms with Crippen LogP contribution < -0.4 is 5.32 Å². The third-order valence-electron chi connectivity index (χ3n) is 2.80. The van der Waals surface area contributed by atoms with Crippen LogP contribution in [0.25, 0.3) is 6.08 Å². The van der Waals surface area contributed by atoms with Gasteiger partial charge in [0.05, 0.1) is 4.88 Å². The molecule has 4 nitrogen and oxygen atoms in total. The quantitative estimate of drug-likeness (QED) is 0.838. The van der Waals surface area contributed by atoms with E-state index in [0.717, 1.165) is 35.3 Å². The Labute approximate surface area is 119 Å². The number of nitrogens with one attached hydrogen (secondary N) is 1. The fourth-order valence-electron chi connectivity index (χ4n) is 1.82. The molecule has 1 amide bonds. The van der Waals surface area contributed by atoms with Crippen LogP contribution in [0.4, 0.5) is 0 Å². The maximum atomic E-state index is 12.0. The lowest BCUT2D eigenvalue weighted by molar-refractivity contribution is -0.131. The van der Waals surface area contributed by atoms with Crippen LogP contribution in [-0.4, -0.2) is 34.5 Å². The smallest absolute Gasteiger partial charge is 0.328 e. The van der Waals surface area contributed by atoms with Crippen molar-refractivity contribution in [2.75, 3.05) is 11.5 Å². The van der Waals surface area contributed by atoms with E-state index in [9.17, 15) is 9.59 Å². The van der Waals surface area contributed by atoms with Gasteiger partial charge in [0.15, 0.2) is 0 Å². The minimum absolute atomic E-state index is 0.0584. The summed E-state index contributed by atoms with van der Waals surface area (Å²) in [4.78, 5) is 23.8. The van der Waals surface area contributed by atoms with Gasteiger partial charge in [-0.2, -0.15) is 11.8 Å². The first-order valence-electron chi connectivity index (χ1n) is 6.04. The first-order chi connectivity index (χ1) is 9.15. The summed E-state index contributed by atoms with van der Waals surface area (Å²) in [7, 11) is 0. The molecule has 2 heterocycles. The monoisotopic (exact) mass is 297 g/mol. The highest BCUT2D eigenvalue weighted by Crippen LogP contribution is 2.20. The van der Waals surface area contributed by atoms with Gasteiger partial charge in [0, 0.05) is 17.0 Å². The van der Waals surface area contributed by atoms with Crippen LogP contribution >= 0.6 is 23.1 Å². The van der Waals surface area contributed by atoms with Gasteiger partial charge in [0.25, 0.3) is 5.91 Å². The topological polar surface area (TPSA) is 66.4 Å². The van der Waals surface area contributed by atoms with Crippen LogP contribution in [-0.2, 0) is 4.79 Å². The molecular formula is C13H15NO3S2. The largest absolute Gasteiger partial charge is 0.478 e. The van der Waals surface area contributed by atoms with Crippen molar-refractivity contribution in [3.8, 4) is 0 Å². The lowest BCUT2D eigenvalue weighted by Gasteiger charge is -2.22. The highest BCUT2D eigenvalue weighted by atomic mass is 32.2. The molecule has 6 heteroatoms. The maximum absolute atomic E-state index is 12.0. The number of rotatable bonds is 4. The van der Waals surface area contributed by atoms with Crippen LogP contribution in [0.1, 0.15) is 27.4 Å². The number of thioether (sulfide) groups is 1. The zero-order valence-corrected chi connectivity index (χ0v) is 11.9. The Morgan fingerprint density at radius 3 is 2.74 bits per heavy atom. The van der Waals surface area contributed by atoms with E-state index in [2.05, 4.69) is 5.32 Å². The van der Waals surface area contributed by atoms with Crippen molar-refractivity contribution >= 4 is 41.1 Å². The standard InChI is InChI=1S/C13H15NO3S2/c15-12(16)4-2-10-1-3-11(19-10)13(17)14-9-5-7-18-8-6-9/h1-4,9H,5-8H2,(H,14,17)(H,15,16)/b4-2+. The minimum Gasteiger partial charge on any atom is -0.478 e. The Morgan fingerprint density at radius 2 is 2.05 bits per heavy atom. The first-order valence-corrected chi connectivity index (χ1v) is 8.02. The average molecular weight is 297 g/mol. The van der Waals surface area contributed by atoms with E-state index in [4.69, 9.17) is 5.11 Å². The van der Waals surface area contributed by atoms with E-state index in [1.165, 1.54) is 17.4 Å². The van der Waals surface area contributed by atoms with Gasteiger partial charge in [-0.1, -0.05) is 0 Å². The van der Waals surface area contributed by atoms with Gasteiger partial charge in [-0.15, -0.1) is 11.3 Å². The Kier molecular flexibility index (Phi) is 5.04. The molecular weight excluding hydrogens is 282 g/mol. The molecule has 0 unspecified atom stereocenters. The van der Waals surface area contributed by atoms with Crippen LogP contribution in [0.5, 0.6) is 0 Å². The third kappa shape index (κ3) is 4.40. The highest BCUT2D eigenvalue weighted by molar-refractivity contribution is 7.99. The normalized spacial score (nSPS) is 16.6. The van der Waals surface area contributed by atoms with E-state index < -0.39 is 5.97 Å². The first kappa shape index (κ1) is 14.1. The molecule has 0 aliphatic carbocycles. The SMILES string of the molecule is O=C(O)/C=C/c1ccc(C(=O)NC2CCSCC2)s1. The van der Waals surface area contributed by atoms with Crippen molar-refractivity contribution in [1.82, 2.24) is 5.32 Å². The number of carboxylic acid groups (broad SMARTS) is 1. The van der Waals surface area contributed by atoms with Crippen LogP contribution in [0, 0.1) is 0 Å². The van der Waals surface area contributed by atoms with Crippen LogP contribution in [0.3, 0.4) is 0 Å². The molecule has 19 heavy (non-hydrogen) atoms. The van der Waals surface area contributed by atoms with E-state index in [-0.39, 0.29) is 11.9 Å². The lowest BCUT2D eigenvalue weighted by Crippen LogP contribution is -2.36. The van der Waals surface area contributed by atoms with Gasteiger partial charge < -0.3 is 10.4 Å². The number of amides is 1. The Morgan fingerprint density at radius 1 is 1.32 bits per heavy atom. The number of aliphatic carboxylic acids is 1. The molecule has 1 fully saturated rings. The second-order valence-electron chi connectivity index (χ2n) is 4.23. The fourth-order valence-corrected chi connectivity index (χ4v) is 3.74. The summed E-state index contributed by atoms with van der Waals surface area (Å²) in [6.07, 6.45) is 4.62. The van der Waals surface area contributed by atoms with Gasteiger partial charge in [-0.3, -0.25) is 4.79 Å². The molecule has 2 N–H and O–H groups in total. The molecule has 0 bridgehead atoms. The molecule has 1 aromatic rings. The average Bonchev–Trinajstić information content (AvgIpc) is 2.86. The van der Waals surface area contributed by atoms with Gasteiger partial charge in [0.2, 0.25) is 0 Å². The van der Waals surface area contributed by atoms with Gasteiger partial charge in [0.1, 0.15) is 0 Å². The lowest BCUT2D eigenvalue weighted by atomic mass is 10.1. The van der Waals surface area contributed by atoms with Gasteiger partial charge >= 0.3 is 5.97 Å². The minimum atomic E-state index is -0.987. The van der Waals surface area contributed by atoms with Crippen LogP contribution in [0.15, 0.2) is 18.2 Å². The van der Waals surface area contributed by atoms with E-state index >= 15 is 0 Å². The Balaban J connectivity index is 1.93.